The number of carbonyl (C=O) groups is 1. The predicted octanol–water partition coefficient (Wildman–Crippen LogP) is 0.739. The van der Waals surface area contributed by atoms with Crippen molar-refractivity contribution in [2.24, 2.45) is 0 Å². The normalized spacial score (nSPS) is 18.7. The Bertz CT molecular complexity index is 406. The molecule has 0 aliphatic carbocycles. The van der Waals surface area contributed by atoms with Crippen LogP contribution in [-0.4, -0.2) is 41.0 Å². The van der Waals surface area contributed by atoms with Crippen LogP contribution < -0.4 is 0 Å². The fourth-order valence-corrected chi connectivity index (χ4v) is 2.05. The average Bonchev–Trinajstić information content (AvgIpc) is 2.79. The quantitative estimate of drug-likeness (QED) is 0.830. The van der Waals surface area contributed by atoms with Crippen LogP contribution in [-0.2, 0) is 26.3 Å². The van der Waals surface area contributed by atoms with Crippen molar-refractivity contribution in [2.75, 3.05) is 19.8 Å². The molecule has 0 spiro atoms. The third-order valence-electron chi connectivity index (χ3n) is 2.90. The highest BCUT2D eigenvalue weighted by molar-refractivity contribution is 5.68. The van der Waals surface area contributed by atoms with E-state index < -0.39 is 11.6 Å². The van der Waals surface area contributed by atoms with E-state index >= 15 is 0 Å². The van der Waals surface area contributed by atoms with Crippen LogP contribution in [0.25, 0.3) is 0 Å². The maximum atomic E-state index is 10.6. The van der Waals surface area contributed by atoms with E-state index in [1.54, 1.807) is 0 Å². The van der Waals surface area contributed by atoms with Crippen molar-refractivity contribution >= 4 is 5.97 Å². The Balaban J connectivity index is 2.19. The van der Waals surface area contributed by atoms with Crippen LogP contribution in [0, 0.1) is 0 Å². The summed E-state index contributed by atoms with van der Waals surface area (Å²) in [5.74, 6) is -0.477. The van der Waals surface area contributed by atoms with Gasteiger partial charge in [-0.2, -0.15) is 4.98 Å². The summed E-state index contributed by atoms with van der Waals surface area (Å²) >= 11 is 0. The molecule has 0 amide bonds. The fourth-order valence-electron chi connectivity index (χ4n) is 2.05. The maximum absolute atomic E-state index is 10.6. The van der Waals surface area contributed by atoms with Crippen molar-refractivity contribution < 1.29 is 23.9 Å². The van der Waals surface area contributed by atoms with Crippen molar-refractivity contribution in [3.8, 4) is 0 Å². The molecule has 1 saturated heterocycles. The van der Waals surface area contributed by atoms with E-state index in [0.717, 1.165) is 0 Å². The number of rotatable bonds is 5. The second-order valence-corrected chi connectivity index (χ2v) is 4.12. The molecule has 7 nitrogen and oxygen atoms in total. The first kappa shape index (κ1) is 13.0. The van der Waals surface area contributed by atoms with Gasteiger partial charge in [0.15, 0.2) is 0 Å². The van der Waals surface area contributed by atoms with E-state index in [9.17, 15) is 4.79 Å². The Kier molecular flexibility index (Phi) is 3.93. The highest BCUT2D eigenvalue weighted by atomic mass is 16.5. The van der Waals surface area contributed by atoms with E-state index in [4.69, 9.17) is 19.1 Å². The lowest BCUT2D eigenvalue weighted by Crippen LogP contribution is -2.37. The first-order chi connectivity index (χ1) is 8.66. The van der Waals surface area contributed by atoms with E-state index in [1.807, 2.05) is 6.92 Å². The molecule has 2 heterocycles. The van der Waals surface area contributed by atoms with Gasteiger partial charge in [-0.1, -0.05) is 5.16 Å². The molecular weight excluding hydrogens is 240 g/mol. The van der Waals surface area contributed by atoms with Gasteiger partial charge < -0.3 is 19.1 Å². The number of nitrogens with zero attached hydrogens (tertiary/aromatic N) is 2. The minimum absolute atomic E-state index is 0.100. The van der Waals surface area contributed by atoms with Gasteiger partial charge in [-0.05, 0) is 6.92 Å². The maximum Gasteiger partial charge on any atom is 0.312 e. The number of carboxylic acid groups (broad SMARTS) is 1. The monoisotopic (exact) mass is 256 g/mol. The van der Waals surface area contributed by atoms with Crippen LogP contribution in [0.2, 0.25) is 0 Å². The molecule has 0 saturated carbocycles. The van der Waals surface area contributed by atoms with Crippen molar-refractivity contribution in [1.82, 2.24) is 10.1 Å². The molecule has 0 bridgehead atoms. The number of hydrogen-bond donors (Lipinski definition) is 1. The Labute approximate surface area is 104 Å². The molecule has 1 N–H and O–H groups in total. The molecule has 0 atom stereocenters. The number of ether oxygens (including phenoxy) is 2. The Hall–Kier alpha value is -1.47. The zero-order chi connectivity index (χ0) is 13.0. The lowest BCUT2D eigenvalue weighted by atomic mass is 9.93. The molecule has 1 aromatic heterocycles. The molecular formula is C11H16N2O5. The van der Waals surface area contributed by atoms with Crippen LogP contribution >= 0.6 is 0 Å². The standard InChI is InChI=1S/C11H16N2O5/c1-2-17-11(3-5-16-6-4-11)10-12-8(18-13-10)7-9(14)15/h2-7H2,1H3,(H,14,15). The molecule has 100 valence electrons. The highest BCUT2D eigenvalue weighted by Crippen LogP contribution is 2.34. The second-order valence-electron chi connectivity index (χ2n) is 4.12. The molecule has 0 aromatic carbocycles. The van der Waals surface area contributed by atoms with Gasteiger partial charge in [-0.25, -0.2) is 0 Å². The molecule has 7 heteroatoms. The van der Waals surface area contributed by atoms with E-state index in [0.29, 0.717) is 38.5 Å². The zero-order valence-electron chi connectivity index (χ0n) is 10.2. The minimum atomic E-state index is -0.998. The van der Waals surface area contributed by atoms with Gasteiger partial charge in [0.1, 0.15) is 12.0 Å². The van der Waals surface area contributed by atoms with Crippen LogP contribution in [0.15, 0.2) is 4.52 Å². The summed E-state index contributed by atoms with van der Waals surface area (Å²) in [4.78, 5) is 14.7. The molecule has 0 radical (unpaired) electrons. The van der Waals surface area contributed by atoms with Gasteiger partial charge in [0.2, 0.25) is 11.7 Å². The van der Waals surface area contributed by atoms with Gasteiger partial charge in [-0.15, -0.1) is 0 Å². The summed E-state index contributed by atoms with van der Waals surface area (Å²) in [7, 11) is 0. The molecule has 1 aromatic rings. The van der Waals surface area contributed by atoms with E-state index in [-0.39, 0.29) is 12.3 Å². The molecule has 1 fully saturated rings. The molecule has 0 unspecified atom stereocenters. The first-order valence-electron chi connectivity index (χ1n) is 5.93. The van der Waals surface area contributed by atoms with Gasteiger partial charge in [0, 0.05) is 32.7 Å². The Morgan fingerprint density at radius 3 is 2.83 bits per heavy atom. The molecule has 1 aliphatic rings. The average molecular weight is 256 g/mol. The predicted molar refractivity (Wildman–Crippen MR) is 59.0 cm³/mol. The highest BCUT2D eigenvalue weighted by Gasteiger charge is 2.39. The summed E-state index contributed by atoms with van der Waals surface area (Å²) in [6.07, 6.45) is 1.02. The lowest BCUT2D eigenvalue weighted by molar-refractivity contribution is -0.136. The third-order valence-corrected chi connectivity index (χ3v) is 2.90. The second kappa shape index (κ2) is 5.45. The molecule has 2 rings (SSSR count). The SMILES string of the molecule is CCOC1(c2noc(CC(=O)O)n2)CCOCC1. The van der Waals surface area contributed by atoms with E-state index in [1.165, 1.54) is 0 Å². The largest absolute Gasteiger partial charge is 0.481 e. The van der Waals surface area contributed by atoms with Crippen LogP contribution in [0.3, 0.4) is 0 Å². The van der Waals surface area contributed by atoms with Crippen LogP contribution in [0.5, 0.6) is 0 Å². The molecule has 1 aliphatic heterocycles. The van der Waals surface area contributed by atoms with Crippen LogP contribution in [0.1, 0.15) is 31.5 Å². The number of aliphatic carboxylic acids is 1. The summed E-state index contributed by atoms with van der Waals surface area (Å²) in [6.45, 7) is 3.57. The summed E-state index contributed by atoms with van der Waals surface area (Å²) in [6, 6.07) is 0. The van der Waals surface area contributed by atoms with Crippen molar-refractivity contribution in [3.05, 3.63) is 11.7 Å². The topological polar surface area (TPSA) is 94.7 Å². The van der Waals surface area contributed by atoms with Crippen molar-refractivity contribution in [3.63, 3.8) is 0 Å². The molecule has 18 heavy (non-hydrogen) atoms. The Morgan fingerprint density at radius 1 is 1.50 bits per heavy atom. The fraction of sp³-hybridized carbons (Fsp3) is 0.727. The number of carboxylic acids is 1. The van der Waals surface area contributed by atoms with Crippen molar-refractivity contribution in [1.29, 1.82) is 0 Å². The van der Waals surface area contributed by atoms with Gasteiger partial charge in [0.25, 0.3) is 0 Å². The summed E-state index contributed by atoms with van der Waals surface area (Å²) in [5.41, 5.74) is -0.604. The van der Waals surface area contributed by atoms with E-state index in [2.05, 4.69) is 10.1 Å². The van der Waals surface area contributed by atoms with Gasteiger partial charge >= 0.3 is 5.97 Å². The van der Waals surface area contributed by atoms with Crippen LogP contribution in [0.4, 0.5) is 0 Å². The third kappa shape index (κ3) is 2.68. The minimum Gasteiger partial charge on any atom is -0.481 e. The summed E-state index contributed by atoms with van der Waals surface area (Å²) in [5, 5.41) is 12.5. The zero-order valence-corrected chi connectivity index (χ0v) is 10.2. The lowest BCUT2D eigenvalue weighted by Gasteiger charge is -2.33. The van der Waals surface area contributed by atoms with Gasteiger partial charge in [0.05, 0.1) is 0 Å². The smallest absolute Gasteiger partial charge is 0.312 e. The number of hydrogen-bond acceptors (Lipinski definition) is 6. The van der Waals surface area contributed by atoms with Crippen molar-refractivity contribution in [2.45, 2.75) is 31.8 Å². The van der Waals surface area contributed by atoms with Gasteiger partial charge in [-0.3, -0.25) is 4.79 Å². The summed E-state index contributed by atoms with van der Waals surface area (Å²) < 4.78 is 16.0. The number of aromatic nitrogens is 2. The first-order valence-corrected chi connectivity index (χ1v) is 5.93. The Morgan fingerprint density at radius 2 is 2.22 bits per heavy atom.